The Bertz CT molecular complexity index is 295. The molecule has 0 radical (unpaired) electrons. The molecule has 0 aromatic carbocycles. The van der Waals surface area contributed by atoms with Crippen molar-refractivity contribution in [2.45, 2.75) is 38.1 Å². The van der Waals surface area contributed by atoms with Gasteiger partial charge in [-0.15, -0.1) is 0 Å². The summed E-state index contributed by atoms with van der Waals surface area (Å²) in [5.41, 5.74) is 5.85. The lowest BCUT2D eigenvalue weighted by atomic mass is 9.94. The Morgan fingerprint density at radius 2 is 2.06 bits per heavy atom. The number of carbonyl (C=O) groups excluding carboxylic acids is 1. The van der Waals surface area contributed by atoms with Crippen LogP contribution in [0.25, 0.3) is 0 Å². The lowest BCUT2D eigenvalue weighted by Crippen LogP contribution is -2.45. The molecule has 102 valence electrons. The van der Waals surface area contributed by atoms with Crippen molar-refractivity contribution in [1.29, 1.82) is 0 Å². The maximum atomic E-state index is 11.8. The van der Waals surface area contributed by atoms with Gasteiger partial charge in [-0.25, -0.2) is 0 Å². The van der Waals surface area contributed by atoms with Crippen LogP contribution >= 0.6 is 0 Å². The van der Waals surface area contributed by atoms with Gasteiger partial charge in [0.15, 0.2) is 0 Å². The lowest BCUT2D eigenvalue weighted by Gasteiger charge is -2.29. The van der Waals surface area contributed by atoms with Crippen LogP contribution in [-0.2, 0) is 4.79 Å². The molecule has 3 N–H and O–H groups in total. The first-order valence-corrected chi connectivity index (χ1v) is 7.13. The standard InChI is InChI=1S/C14H25N3O/c15-13-6-8-17(9-7-13)11-14(18)16-10-12-4-2-1-3-5-12/h1-2,12-13H,3-11,15H2,(H,16,18). The van der Waals surface area contributed by atoms with E-state index in [1.807, 2.05) is 0 Å². The van der Waals surface area contributed by atoms with E-state index in [1.165, 1.54) is 6.42 Å². The third-order valence-corrected chi connectivity index (χ3v) is 3.97. The first kappa shape index (κ1) is 13.6. The molecule has 1 heterocycles. The molecule has 1 fully saturated rings. The van der Waals surface area contributed by atoms with E-state index < -0.39 is 0 Å². The first-order valence-electron chi connectivity index (χ1n) is 7.13. The van der Waals surface area contributed by atoms with Gasteiger partial charge in [0, 0.05) is 25.7 Å². The van der Waals surface area contributed by atoms with Gasteiger partial charge in [0.2, 0.25) is 5.91 Å². The normalized spacial score (nSPS) is 26.2. The van der Waals surface area contributed by atoms with Crippen LogP contribution in [0.2, 0.25) is 0 Å². The molecule has 2 aliphatic rings. The number of carbonyl (C=O) groups is 1. The number of nitrogens with one attached hydrogen (secondary N) is 1. The number of nitrogens with zero attached hydrogens (tertiary/aromatic N) is 1. The monoisotopic (exact) mass is 251 g/mol. The number of allylic oxidation sites excluding steroid dienone is 2. The summed E-state index contributed by atoms with van der Waals surface area (Å²) >= 11 is 0. The molecule has 4 nitrogen and oxygen atoms in total. The van der Waals surface area contributed by atoms with Gasteiger partial charge in [-0.05, 0) is 38.0 Å². The quantitative estimate of drug-likeness (QED) is 0.729. The summed E-state index contributed by atoms with van der Waals surface area (Å²) in [5, 5.41) is 3.07. The largest absolute Gasteiger partial charge is 0.355 e. The number of hydrogen-bond acceptors (Lipinski definition) is 3. The highest BCUT2D eigenvalue weighted by atomic mass is 16.2. The molecule has 0 spiro atoms. The summed E-state index contributed by atoms with van der Waals surface area (Å²) in [7, 11) is 0. The molecule has 0 bridgehead atoms. The number of nitrogens with two attached hydrogens (primary N) is 1. The van der Waals surface area contributed by atoms with Gasteiger partial charge >= 0.3 is 0 Å². The molecule has 0 aromatic heterocycles. The minimum absolute atomic E-state index is 0.167. The van der Waals surface area contributed by atoms with Gasteiger partial charge in [-0.2, -0.15) is 0 Å². The first-order chi connectivity index (χ1) is 8.74. The second-order valence-electron chi connectivity index (χ2n) is 5.57. The highest BCUT2D eigenvalue weighted by molar-refractivity contribution is 5.78. The number of amides is 1. The molecule has 1 amide bonds. The van der Waals surface area contributed by atoms with Gasteiger partial charge in [0.25, 0.3) is 0 Å². The minimum Gasteiger partial charge on any atom is -0.355 e. The van der Waals surface area contributed by atoms with E-state index in [4.69, 9.17) is 5.73 Å². The molecular weight excluding hydrogens is 226 g/mol. The summed E-state index contributed by atoms with van der Waals surface area (Å²) in [5.74, 6) is 0.800. The van der Waals surface area contributed by atoms with Crippen molar-refractivity contribution < 1.29 is 4.79 Å². The van der Waals surface area contributed by atoms with Crippen molar-refractivity contribution in [2.24, 2.45) is 11.7 Å². The van der Waals surface area contributed by atoms with E-state index in [1.54, 1.807) is 0 Å². The van der Waals surface area contributed by atoms with E-state index in [2.05, 4.69) is 22.4 Å². The molecule has 1 unspecified atom stereocenters. The average molecular weight is 251 g/mol. The fraction of sp³-hybridized carbons (Fsp3) is 0.786. The topological polar surface area (TPSA) is 58.4 Å². The minimum atomic E-state index is 0.167. The predicted molar refractivity (Wildman–Crippen MR) is 73.1 cm³/mol. The highest BCUT2D eigenvalue weighted by Crippen LogP contribution is 2.16. The molecule has 1 aliphatic heterocycles. The van der Waals surface area contributed by atoms with Gasteiger partial charge in [-0.3, -0.25) is 9.69 Å². The Hall–Kier alpha value is -0.870. The van der Waals surface area contributed by atoms with Crippen LogP contribution in [0.1, 0.15) is 32.1 Å². The lowest BCUT2D eigenvalue weighted by molar-refractivity contribution is -0.122. The summed E-state index contributed by atoms with van der Waals surface area (Å²) in [6, 6.07) is 0.332. The van der Waals surface area contributed by atoms with Gasteiger partial charge in [-0.1, -0.05) is 12.2 Å². The highest BCUT2D eigenvalue weighted by Gasteiger charge is 2.18. The van der Waals surface area contributed by atoms with Crippen molar-refractivity contribution in [2.75, 3.05) is 26.2 Å². The molecule has 1 saturated heterocycles. The summed E-state index contributed by atoms with van der Waals surface area (Å²) < 4.78 is 0. The Morgan fingerprint density at radius 3 is 2.72 bits per heavy atom. The molecular formula is C14H25N3O. The predicted octanol–water partition coefficient (Wildman–Crippen LogP) is 0.882. The number of likely N-dealkylation sites (tertiary alicyclic amines) is 1. The van der Waals surface area contributed by atoms with Crippen molar-refractivity contribution >= 4 is 5.91 Å². The van der Waals surface area contributed by atoms with E-state index in [0.717, 1.165) is 45.3 Å². The second kappa shape index (κ2) is 6.90. The van der Waals surface area contributed by atoms with Crippen LogP contribution in [0.3, 0.4) is 0 Å². The van der Waals surface area contributed by atoms with Crippen molar-refractivity contribution in [3.8, 4) is 0 Å². The summed E-state index contributed by atoms with van der Waals surface area (Å²) in [6.45, 7) is 3.29. The maximum absolute atomic E-state index is 11.8. The number of hydrogen-bond donors (Lipinski definition) is 2. The van der Waals surface area contributed by atoms with E-state index in [0.29, 0.717) is 18.5 Å². The summed E-state index contributed by atoms with van der Waals surface area (Å²) in [6.07, 6.45) is 9.96. The van der Waals surface area contributed by atoms with Crippen LogP contribution < -0.4 is 11.1 Å². The Labute approximate surface area is 110 Å². The zero-order valence-electron chi connectivity index (χ0n) is 11.1. The third kappa shape index (κ3) is 4.42. The average Bonchev–Trinajstić information content (AvgIpc) is 2.40. The Morgan fingerprint density at radius 1 is 1.28 bits per heavy atom. The molecule has 4 heteroatoms. The smallest absolute Gasteiger partial charge is 0.234 e. The van der Waals surface area contributed by atoms with Crippen LogP contribution in [0, 0.1) is 5.92 Å². The van der Waals surface area contributed by atoms with Crippen molar-refractivity contribution in [1.82, 2.24) is 10.2 Å². The second-order valence-corrected chi connectivity index (χ2v) is 5.57. The Balaban J connectivity index is 1.61. The van der Waals surface area contributed by atoms with E-state index >= 15 is 0 Å². The SMILES string of the molecule is NC1CCN(CC(=O)NCC2CC=CCC2)CC1. The van der Waals surface area contributed by atoms with E-state index in [9.17, 15) is 4.79 Å². The van der Waals surface area contributed by atoms with Gasteiger partial charge in [0.1, 0.15) is 0 Å². The molecule has 0 saturated carbocycles. The number of rotatable bonds is 4. The van der Waals surface area contributed by atoms with E-state index in [-0.39, 0.29) is 5.91 Å². The van der Waals surface area contributed by atoms with Crippen molar-refractivity contribution in [3.63, 3.8) is 0 Å². The fourth-order valence-electron chi connectivity index (χ4n) is 2.67. The van der Waals surface area contributed by atoms with Gasteiger partial charge < -0.3 is 11.1 Å². The van der Waals surface area contributed by atoms with Crippen LogP contribution in [-0.4, -0.2) is 43.0 Å². The van der Waals surface area contributed by atoms with Crippen LogP contribution in [0.5, 0.6) is 0 Å². The third-order valence-electron chi connectivity index (χ3n) is 3.97. The molecule has 1 atom stereocenters. The molecule has 2 rings (SSSR count). The van der Waals surface area contributed by atoms with Crippen molar-refractivity contribution in [3.05, 3.63) is 12.2 Å². The fourth-order valence-corrected chi connectivity index (χ4v) is 2.67. The summed E-state index contributed by atoms with van der Waals surface area (Å²) in [4.78, 5) is 14.0. The van der Waals surface area contributed by atoms with Gasteiger partial charge in [0.05, 0.1) is 6.54 Å². The zero-order valence-corrected chi connectivity index (χ0v) is 11.1. The maximum Gasteiger partial charge on any atom is 0.234 e. The molecule has 1 aliphatic carbocycles. The van der Waals surface area contributed by atoms with Crippen LogP contribution in [0.4, 0.5) is 0 Å². The molecule has 18 heavy (non-hydrogen) atoms. The number of piperidine rings is 1. The Kier molecular flexibility index (Phi) is 5.20. The zero-order chi connectivity index (χ0) is 12.8. The molecule has 0 aromatic rings. The van der Waals surface area contributed by atoms with Crippen LogP contribution in [0.15, 0.2) is 12.2 Å².